The first kappa shape index (κ1) is 22.1. The number of aliphatic carboxylic acids is 1. The Labute approximate surface area is 187 Å². The van der Waals surface area contributed by atoms with Crippen LogP contribution in [0.1, 0.15) is 62.4 Å². The lowest BCUT2D eigenvalue weighted by Gasteiger charge is -2.36. The van der Waals surface area contributed by atoms with Gasteiger partial charge in [-0.05, 0) is 57.2 Å². The van der Waals surface area contributed by atoms with Gasteiger partial charge in [0.2, 0.25) is 5.88 Å². The number of hydrogen-bond acceptors (Lipinski definition) is 6. The summed E-state index contributed by atoms with van der Waals surface area (Å²) >= 11 is 0. The van der Waals surface area contributed by atoms with E-state index >= 15 is 0 Å². The maximum absolute atomic E-state index is 12.8. The highest BCUT2D eigenvalue weighted by Crippen LogP contribution is 2.41. The molecule has 9 nitrogen and oxygen atoms in total. The maximum atomic E-state index is 12.8. The van der Waals surface area contributed by atoms with Crippen LogP contribution < -0.4 is 10.5 Å². The zero-order valence-corrected chi connectivity index (χ0v) is 18.7. The van der Waals surface area contributed by atoms with Gasteiger partial charge < -0.3 is 20.3 Å². The van der Waals surface area contributed by atoms with Crippen LogP contribution in [0.3, 0.4) is 0 Å². The summed E-state index contributed by atoms with van der Waals surface area (Å²) in [5.41, 5.74) is 9.11. The molecule has 1 aromatic carbocycles. The number of nitrogens with zero attached hydrogens (tertiary/aromatic N) is 3. The van der Waals surface area contributed by atoms with Crippen molar-refractivity contribution in [1.82, 2.24) is 14.7 Å². The summed E-state index contributed by atoms with van der Waals surface area (Å²) in [6, 6.07) is 7.71. The van der Waals surface area contributed by atoms with E-state index in [1.54, 1.807) is 9.58 Å². The molecule has 0 saturated heterocycles. The molecule has 2 heterocycles. The van der Waals surface area contributed by atoms with Crippen molar-refractivity contribution in [3.63, 3.8) is 0 Å². The van der Waals surface area contributed by atoms with Crippen molar-refractivity contribution in [1.29, 1.82) is 0 Å². The van der Waals surface area contributed by atoms with Crippen LogP contribution in [0.25, 0.3) is 5.69 Å². The van der Waals surface area contributed by atoms with Gasteiger partial charge in [-0.1, -0.05) is 12.1 Å². The van der Waals surface area contributed by atoms with Crippen molar-refractivity contribution in [3.05, 3.63) is 41.1 Å². The molecular weight excluding hydrogens is 412 g/mol. The van der Waals surface area contributed by atoms with Crippen molar-refractivity contribution in [2.45, 2.75) is 57.6 Å². The molecule has 32 heavy (non-hydrogen) atoms. The zero-order valence-electron chi connectivity index (χ0n) is 18.7. The lowest BCUT2D eigenvalue weighted by Crippen LogP contribution is -2.45. The van der Waals surface area contributed by atoms with Crippen LogP contribution in [0.4, 0.5) is 4.79 Å². The largest absolute Gasteiger partial charge is 0.479 e. The molecule has 1 saturated carbocycles. The van der Waals surface area contributed by atoms with Gasteiger partial charge in [-0.25, -0.2) is 14.3 Å². The highest BCUT2D eigenvalue weighted by atomic mass is 16.6. The van der Waals surface area contributed by atoms with Crippen LogP contribution in [-0.4, -0.2) is 57.1 Å². The second-order valence-corrected chi connectivity index (χ2v) is 9.30. The number of aromatic nitrogens is 2. The number of carboxylic acid groups (broad SMARTS) is 1. The molecule has 2 aliphatic rings. The van der Waals surface area contributed by atoms with Crippen molar-refractivity contribution in [3.8, 4) is 11.6 Å². The maximum Gasteiger partial charge on any atom is 0.410 e. The number of ether oxygens (including phenoxy) is 2. The Morgan fingerprint density at radius 3 is 2.47 bits per heavy atom. The third-order valence-corrected chi connectivity index (χ3v) is 5.66. The van der Waals surface area contributed by atoms with Gasteiger partial charge in [-0.3, -0.25) is 4.90 Å². The Kier molecular flexibility index (Phi) is 5.85. The molecule has 3 N–H and O–H groups in total. The minimum absolute atomic E-state index is 0.127. The van der Waals surface area contributed by atoms with Crippen LogP contribution in [0.5, 0.6) is 5.88 Å². The molecule has 1 fully saturated rings. The average Bonchev–Trinajstić information content (AvgIpc) is 3.51. The second-order valence-electron chi connectivity index (χ2n) is 9.30. The summed E-state index contributed by atoms with van der Waals surface area (Å²) < 4.78 is 12.9. The number of carbonyl (C=O) groups is 2. The average molecular weight is 443 g/mol. The lowest BCUT2D eigenvalue weighted by atomic mass is 9.98. The van der Waals surface area contributed by atoms with Crippen LogP contribution in [0, 0.1) is 0 Å². The molecule has 172 valence electrons. The number of rotatable bonds is 6. The van der Waals surface area contributed by atoms with Gasteiger partial charge in [0.25, 0.3) is 0 Å². The van der Waals surface area contributed by atoms with Gasteiger partial charge in [-0.15, -0.1) is 5.10 Å². The van der Waals surface area contributed by atoms with Gasteiger partial charge in [0.1, 0.15) is 5.60 Å². The summed E-state index contributed by atoms with van der Waals surface area (Å²) in [6.07, 6.45) is 2.49. The van der Waals surface area contributed by atoms with E-state index < -0.39 is 30.3 Å². The van der Waals surface area contributed by atoms with E-state index in [1.165, 1.54) is 18.4 Å². The fourth-order valence-electron chi connectivity index (χ4n) is 4.09. The number of benzene rings is 1. The van der Waals surface area contributed by atoms with Crippen LogP contribution in [-0.2, 0) is 16.0 Å². The number of amides is 1. The smallest absolute Gasteiger partial charge is 0.410 e. The topological polar surface area (TPSA) is 120 Å². The summed E-state index contributed by atoms with van der Waals surface area (Å²) in [6.45, 7) is 5.43. The molecule has 1 aliphatic carbocycles. The highest BCUT2D eigenvalue weighted by molar-refractivity contribution is 5.70. The summed E-state index contributed by atoms with van der Waals surface area (Å²) in [7, 11) is 0. The monoisotopic (exact) mass is 442 g/mol. The number of nitrogens with two attached hydrogens (primary N) is 1. The van der Waals surface area contributed by atoms with E-state index in [0.717, 1.165) is 11.4 Å². The standard InChI is InChI=1S/C23H30N4O5/c1-23(2,3)32-22(30)26-11-10-17-20(18(26)12-24)21(31-13-19(28)29)25-27(17)16-8-6-15(7-9-16)14-4-5-14/h6-9,14,18H,4-5,10-13,24H2,1-3H3,(H,28,29)/t18-/m0/s1. The molecule has 9 heteroatoms. The van der Waals surface area contributed by atoms with Crippen LogP contribution in [0.2, 0.25) is 0 Å². The first-order chi connectivity index (χ1) is 15.2. The Balaban J connectivity index is 1.71. The third kappa shape index (κ3) is 4.57. The normalized spacial score (nSPS) is 18.2. The molecule has 0 bridgehead atoms. The zero-order chi connectivity index (χ0) is 23.0. The Hall–Kier alpha value is -3.07. The number of hydrogen-bond donors (Lipinski definition) is 2. The molecule has 4 rings (SSSR count). The minimum Gasteiger partial charge on any atom is -0.479 e. The van der Waals surface area contributed by atoms with Gasteiger partial charge in [0.15, 0.2) is 6.61 Å². The van der Waals surface area contributed by atoms with E-state index in [9.17, 15) is 9.59 Å². The van der Waals surface area contributed by atoms with E-state index in [4.69, 9.17) is 20.3 Å². The minimum atomic E-state index is -1.11. The first-order valence-electron chi connectivity index (χ1n) is 10.9. The summed E-state index contributed by atoms with van der Waals surface area (Å²) in [4.78, 5) is 25.5. The van der Waals surface area contributed by atoms with Gasteiger partial charge in [-0.2, -0.15) is 0 Å². The van der Waals surface area contributed by atoms with Crippen molar-refractivity contribution in [2.24, 2.45) is 5.73 Å². The molecule has 2 aromatic rings. The van der Waals surface area contributed by atoms with E-state index in [1.807, 2.05) is 32.9 Å². The Morgan fingerprint density at radius 1 is 1.22 bits per heavy atom. The Bertz CT molecular complexity index is 1000. The fourth-order valence-corrected chi connectivity index (χ4v) is 4.09. The first-order valence-corrected chi connectivity index (χ1v) is 10.9. The molecule has 1 amide bonds. The van der Waals surface area contributed by atoms with Gasteiger partial charge in [0, 0.05) is 19.5 Å². The third-order valence-electron chi connectivity index (χ3n) is 5.66. The molecule has 1 aromatic heterocycles. The quantitative estimate of drug-likeness (QED) is 0.705. The van der Waals surface area contributed by atoms with Crippen molar-refractivity contribution >= 4 is 12.1 Å². The predicted molar refractivity (Wildman–Crippen MR) is 117 cm³/mol. The molecular formula is C23H30N4O5. The van der Waals surface area contributed by atoms with E-state index in [2.05, 4.69) is 17.2 Å². The second kappa shape index (κ2) is 8.46. The molecule has 0 unspecified atom stereocenters. The number of carboxylic acids is 1. The molecule has 0 spiro atoms. The summed E-state index contributed by atoms with van der Waals surface area (Å²) in [5.74, 6) is -0.280. The fraction of sp³-hybridized carbons (Fsp3) is 0.522. The summed E-state index contributed by atoms with van der Waals surface area (Å²) in [5, 5.41) is 13.7. The SMILES string of the molecule is CC(C)(C)OC(=O)N1CCc2c(c(OCC(=O)O)nn2-c2ccc(C3CC3)cc2)[C@@H]1CN. The van der Waals surface area contributed by atoms with E-state index in [0.29, 0.717) is 24.4 Å². The van der Waals surface area contributed by atoms with Crippen LogP contribution >= 0.6 is 0 Å². The van der Waals surface area contributed by atoms with Crippen LogP contribution in [0.15, 0.2) is 24.3 Å². The lowest BCUT2D eigenvalue weighted by molar-refractivity contribution is -0.139. The van der Waals surface area contributed by atoms with Gasteiger partial charge in [0.05, 0.1) is 23.0 Å². The number of fused-ring (bicyclic) bond motifs is 1. The molecule has 1 atom stereocenters. The Morgan fingerprint density at radius 2 is 1.91 bits per heavy atom. The predicted octanol–water partition coefficient (Wildman–Crippen LogP) is 3.01. The van der Waals surface area contributed by atoms with E-state index in [-0.39, 0.29) is 12.4 Å². The van der Waals surface area contributed by atoms with Crippen molar-refractivity contribution in [2.75, 3.05) is 19.7 Å². The molecule has 1 aliphatic heterocycles. The highest BCUT2D eigenvalue weighted by Gasteiger charge is 2.38. The van der Waals surface area contributed by atoms with Crippen molar-refractivity contribution < 1.29 is 24.2 Å². The van der Waals surface area contributed by atoms with Gasteiger partial charge >= 0.3 is 12.1 Å². The number of carbonyl (C=O) groups excluding carboxylic acids is 1. The molecule has 0 radical (unpaired) electrons.